The molecule has 1 heterocycles. The molecule has 0 atom stereocenters. The Labute approximate surface area is 133 Å². The van der Waals surface area contributed by atoms with Crippen LogP contribution >= 0.6 is 23.2 Å². The molecule has 1 aromatic carbocycles. The number of aryl methyl sites for hydroxylation is 1. The molecule has 21 heavy (non-hydrogen) atoms. The average Bonchev–Trinajstić information content (AvgIpc) is 2.42. The summed E-state index contributed by atoms with van der Waals surface area (Å²) in [5.41, 5.74) is 0.738. The highest BCUT2D eigenvalue weighted by molar-refractivity contribution is 6.36. The molecule has 2 rings (SSSR count). The molecule has 0 aliphatic heterocycles. The van der Waals surface area contributed by atoms with Crippen LogP contribution in [0, 0.1) is 6.92 Å². The summed E-state index contributed by atoms with van der Waals surface area (Å²) in [6, 6.07) is 7.06. The summed E-state index contributed by atoms with van der Waals surface area (Å²) in [5.74, 6) is 2.05. The summed E-state index contributed by atoms with van der Waals surface area (Å²) in [6.45, 7) is 3.11. The Morgan fingerprint density at radius 1 is 1.14 bits per heavy atom. The minimum atomic E-state index is 0.535. The van der Waals surface area contributed by atoms with Crippen LogP contribution in [-0.2, 0) is 4.74 Å². The summed E-state index contributed by atoms with van der Waals surface area (Å²) in [6.07, 6.45) is 0. The lowest BCUT2D eigenvalue weighted by Gasteiger charge is -2.11. The smallest absolute Gasteiger partial charge is 0.136 e. The van der Waals surface area contributed by atoms with Gasteiger partial charge in [-0.25, -0.2) is 9.97 Å². The molecule has 2 N–H and O–H groups in total. The van der Waals surface area contributed by atoms with E-state index >= 15 is 0 Å². The summed E-state index contributed by atoms with van der Waals surface area (Å²) >= 11 is 12.0. The van der Waals surface area contributed by atoms with Crippen LogP contribution in [0.1, 0.15) is 5.82 Å². The maximum atomic E-state index is 6.14. The monoisotopic (exact) mass is 326 g/mol. The Balaban J connectivity index is 2.15. The molecule has 0 unspecified atom stereocenters. The van der Waals surface area contributed by atoms with Crippen molar-refractivity contribution in [1.82, 2.24) is 9.97 Å². The fourth-order valence-corrected chi connectivity index (χ4v) is 2.19. The first kappa shape index (κ1) is 15.8. The first-order valence-corrected chi connectivity index (χ1v) is 7.14. The van der Waals surface area contributed by atoms with Crippen molar-refractivity contribution in [3.05, 3.63) is 40.1 Å². The zero-order chi connectivity index (χ0) is 15.2. The molecule has 5 nitrogen and oxygen atoms in total. The number of rotatable bonds is 6. The van der Waals surface area contributed by atoms with Gasteiger partial charge in [0.25, 0.3) is 0 Å². The fraction of sp³-hybridized carbons (Fsp3) is 0.286. The molecule has 112 valence electrons. The van der Waals surface area contributed by atoms with E-state index in [1.165, 1.54) is 0 Å². The number of hydrogen-bond acceptors (Lipinski definition) is 5. The lowest BCUT2D eigenvalue weighted by atomic mass is 10.3. The van der Waals surface area contributed by atoms with Crippen molar-refractivity contribution in [1.29, 1.82) is 0 Å². The molecule has 0 saturated heterocycles. The molecule has 0 bridgehead atoms. The standard InChI is InChI=1S/C14H16Cl2N4O/c1-9-18-13(17-5-6-21-2)8-14(19-9)20-12-4-3-10(15)7-11(12)16/h3-4,7-8H,5-6H2,1-2H3,(H2,17,18,19,20). The largest absolute Gasteiger partial charge is 0.383 e. The molecule has 2 aromatic rings. The van der Waals surface area contributed by atoms with Crippen LogP contribution in [0.15, 0.2) is 24.3 Å². The number of aromatic nitrogens is 2. The molecule has 7 heteroatoms. The summed E-state index contributed by atoms with van der Waals surface area (Å²) in [5, 5.41) is 7.45. The number of methoxy groups -OCH3 is 1. The number of nitrogens with zero attached hydrogens (tertiary/aromatic N) is 2. The van der Waals surface area contributed by atoms with E-state index < -0.39 is 0 Å². The first-order valence-electron chi connectivity index (χ1n) is 6.39. The van der Waals surface area contributed by atoms with Gasteiger partial charge in [-0.15, -0.1) is 0 Å². The van der Waals surface area contributed by atoms with Crippen molar-refractivity contribution in [2.75, 3.05) is 30.9 Å². The molecule has 0 spiro atoms. The van der Waals surface area contributed by atoms with Crippen LogP contribution in [-0.4, -0.2) is 30.2 Å². The average molecular weight is 327 g/mol. The number of benzene rings is 1. The quantitative estimate of drug-likeness (QED) is 0.788. The Hall–Kier alpha value is -1.56. The Morgan fingerprint density at radius 2 is 1.90 bits per heavy atom. The van der Waals surface area contributed by atoms with E-state index in [1.54, 1.807) is 25.3 Å². The maximum absolute atomic E-state index is 6.14. The third-order valence-electron chi connectivity index (χ3n) is 2.64. The second kappa shape index (κ2) is 7.45. The normalized spacial score (nSPS) is 10.5. The van der Waals surface area contributed by atoms with E-state index in [0.29, 0.717) is 34.8 Å². The fourth-order valence-electron chi connectivity index (χ4n) is 1.73. The van der Waals surface area contributed by atoms with Gasteiger partial charge in [0.1, 0.15) is 17.5 Å². The van der Waals surface area contributed by atoms with Crippen molar-refractivity contribution in [3.8, 4) is 0 Å². The molecule has 0 amide bonds. The number of anilines is 3. The third kappa shape index (κ3) is 4.74. The van der Waals surface area contributed by atoms with Crippen LogP contribution in [0.3, 0.4) is 0 Å². The van der Waals surface area contributed by atoms with Crippen molar-refractivity contribution >= 4 is 40.5 Å². The lowest BCUT2D eigenvalue weighted by Crippen LogP contribution is -2.10. The van der Waals surface area contributed by atoms with Crippen molar-refractivity contribution in [2.45, 2.75) is 6.92 Å². The number of ether oxygens (including phenoxy) is 1. The molecule has 0 fully saturated rings. The van der Waals surface area contributed by atoms with E-state index in [0.717, 1.165) is 11.5 Å². The van der Waals surface area contributed by atoms with Gasteiger partial charge in [0.2, 0.25) is 0 Å². The van der Waals surface area contributed by atoms with Gasteiger partial charge < -0.3 is 15.4 Å². The number of nitrogens with one attached hydrogen (secondary N) is 2. The van der Waals surface area contributed by atoms with Crippen molar-refractivity contribution < 1.29 is 4.74 Å². The van der Waals surface area contributed by atoms with E-state index in [4.69, 9.17) is 27.9 Å². The van der Waals surface area contributed by atoms with Crippen LogP contribution in [0.5, 0.6) is 0 Å². The van der Waals surface area contributed by atoms with Gasteiger partial charge in [0, 0.05) is 24.7 Å². The molecule has 0 saturated carbocycles. The van der Waals surface area contributed by atoms with E-state index in [9.17, 15) is 0 Å². The first-order chi connectivity index (χ1) is 10.1. The van der Waals surface area contributed by atoms with Crippen LogP contribution in [0.2, 0.25) is 10.0 Å². The number of hydrogen-bond donors (Lipinski definition) is 2. The zero-order valence-electron chi connectivity index (χ0n) is 11.8. The predicted octanol–water partition coefficient (Wildman–Crippen LogP) is 3.89. The highest BCUT2D eigenvalue weighted by atomic mass is 35.5. The minimum absolute atomic E-state index is 0.535. The highest BCUT2D eigenvalue weighted by Crippen LogP contribution is 2.28. The third-order valence-corrected chi connectivity index (χ3v) is 3.19. The second-order valence-corrected chi connectivity index (χ2v) is 5.20. The summed E-state index contributed by atoms with van der Waals surface area (Å²) in [4.78, 5) is 8.65. The Morgan fingerprint density at radius 3 is 2.62 bits per heavy atom. The van der Waals surface area contributed by atoms with E-state index in [-0.39, 0.29) is 0 Å². The van der Waals surface area contributed by atoms with Crippen molar-refractivity contribution in [3.63, 3.8) is 0 Å². The lowest BCUT2D eigenvalue weighted by molar-refractivity contribution is 0.210. The van der Waals surface area contributed by atoms with E-state index in [1.807, 2.05) is 13.0 Å². The summed E-state index contributed by atoms with van der Waals surface area (Å²) < 4.78 is 5.00. The van der Waals surface area contributed by atoms with Crippen LogP contribution in [0.25, 0.3) is 0 Å². The van der Waals surface area contributed by atoms with Crippen LogP contribution in [0.4, 0.5) is 17.3 Å². The van der Waals surface area contributed by atoms with Gasteiger partial charge in [-0.2, -0.15) is 0 Å². The second-order valence-electron chi connectivity index (χ2n) is 4.35. The number of halogens is 2. The Bertz CT molecular complexity index is 622. The molecule has 1 aromatic heterocycles. The molecular formula is C14H16Cl2N4O. The van der Waals surface area contributed by atoms with Gasteiger partial charge in [-0.1, -0.05) is 23.2 Å². The van der Waals surface area contributed by atoms with Crippen LogP contribution < -0.4 is 10.6 Å². The topological polar surface area (TPSA) is 59.1 Å². The molecule has 0 aliphatic carbocycles. The molecule has 0 radical (unpaired) electrons. The van der Waals surface area contributed by atoms with E-state index in [2.05, 4.69) is 20.6 Å². The minimum Gasteiger partial charge on any atom is -0.383 e. The van der Waals surface area contributed by atoms with Gasteiger partial charge in [-0.3, -0.25) is 0 Å². The molecule has 0 aliphatic rings. The van der Waals surface area contributed by atoms with Gasteiger partial charge >= 0.3 is 0 Å². The maximum Gasteiger partial charge on any atom is 0.136 e. The van der Waals surface area contributed by atoms with Crippen molar-refractivity contribution in [2.24, 2.45) is 0 Å². The SMILES string of the molecule is COCCNc1cc(Nc2ccc(Cl)cc2Cl)nc(C)n1. The predicted molar refractivity (Wildman–Crippen MR) is 86.9 cm³/mol. The van der Waals surface area contributed by atoms with Gasteiger partial charge in [0.15, 0.2) is 0 Å². The van der Waals surface area contributed by atoms with Gasteiger partial charge in [-0.05, 0) is 25.1 Å². The molecular weight excluding hydrogens is 311 g/mol. The van der Waals surface area contributed by atoms with Gasteiger partial charge in [0.05, 0.1) is 17.3 Å². The Kier molecular flexibility index (Phi) is 5.61. The highest BCUT2D eigenvalue weighted by Gasteiger charge is 2.05. The summed E-state index contributed by atoms with van der Waals surface area (Å²) in [7, 11) is 1.66. The zero-order valence-corrected chi connectivity index (χ0v) is 13.3.